The highest BCUT2D eigenvalue weighted by molar-refractivity contribution is 5.97. The Balaban J connectivity index is 1.20. The number of carbonyl (C=O) groups excluding carboxylic acids is 1. The summed E-state index contributed by atoms with van der Waals surface area (Å²) < 4.78 is 8.90. The van der Waals surface area contributed by atoms with E-state index < -0.39 is 0 Å². The largest absolute Gasteiger partial charge is 0.492 e. The molecule has 174 valence electrons. The summed E-state index contributed by atoms with van der Waals surface area (Å²) in [7, 11) is 0. The molecular formula is C25H27N7O2. The number of hydrogen-bond donors (Lipinski definition) is 2. The van der Waals surface area contributed by atoms with Crippen LogP contribution in [0.4, 0.5) is 17.6 Å². The number of nitrogens with one attached hydrogen (secondary N) is 1. The second-order valence-electron chi connectivity index (χ2n) is 8.19. The van der Waals surface area contributed by atoms with E-state index in [9.17, 15) is 4.79 Å². The standard InChI is InChI=1S/C25H27N7O2/c26-24-28-25(27-20-7-11-22(12-8-20)34-18-17-30-13-1-2-14-30)29-32(24)23(33)19-5-9-21(10-6-19)31-15-3-4-16-31/h3-12,15-16H,1-2,13-14,17-18H2,(H3,26,27,28,29). The summed E-state index contributed by atoms with van der Waals surface area (Å²) in [5.41, 5.74) is 8.17. The van der Waals surface area contributed by atoms with E-state index in [0.717, 1.165) is 41.4 Å². The van der Waals surface area contributed by atoms with Crippen LogP contribution in [0.2, 0.25) is 0 Å². The number of nitrogen functional groups attached to an aromatic ring is 1. The highest BCUT2D eigenvalue weighted by Crippen LogP contribution is 2.20. The Bertz CT molecular complexity index is 1230. The van der Waals surface area contributed by atoms with Crippen LogP contribution >= 0.6 is 0 Å². The van der Waals surface area contributed by atoms with Gasteiger partial charge in [-0.2, -0.15) is 9.67 Å². The molecule has 0 radical (unpaired) electrons. The molecule has 0 aliphatic carbocycles. The minimum atomic E-state index is -0.348. The third kappa shape index (κ3) is 4.94. The van der Waals surface area contributed by atoms with Crippen LogP contribution in [-0.4, -0.2) is 56.4 Å². The normalized spacial score (nSPS) is 13.8. The van der Waals surface area contributed by atoms with Crippen LogP contribution in [0.3, 0.4) is 0 Å². The number of aromatic nitrogens is 4. The zero-order valence-electron chi connectivity index (χ0n) is 18.8. The van der Waals surface area contributed by atoms with Gasteiger partial charge in [0, 0.05) is 35.9 Å². The Labute approximate surface area is 197 Å². The fraction of sp³-hybridized carbons (Fsp3) is 0.240. The maximum Gasteiger partial charge on any atom is 0.281 e. The Morgan fingerprint density at radius 3 is 2.41 bits per heavy atom. The molecule has 9 heteroatoms. The quantitative estimate of drug-likeness (QED) is 0.417. The maximum absolute atomic E-state index is 12.9. The Kier molecular flexibility index (Phi) is 6.26. The van der Waals surface area contributed by atoms with Gasteiger partial charge < -0.3 is 20.4 Å². The third-order valence-corrected chi connectivity index (χ3v) is 5.83. The Morgan fingerprint density at radius 1 is 1.00 bits per heavy atom. The second-order valence-corrected chi connectivity index (χ2v) is 8.19. The summed E-state index contributed by atoms with van der Waals surface area (Å²) in [6.45, 7) is 3.95. The van der Waals surface area contributed by atoms with Crippen molar-refractivity contribution in [3.8, 4) is 11.4 Å². The molecule has 3 N–H and O–H groups in total. The lowest BCUT2D eigenvalue weighted by atomic mass is 10.2. The van der Waals surface area contributed by atoms with Gasteiger partial charge in [-0.1, -0.05) is 0 Å². The van der Waals surface area contributed by atoms with Gasteiger partial charge in [0.1, 0.15) is 12.4 Å². The van der Waals surface area contributed by atoms with E-state index in [1.807, 2.05) is 65.5 Å². The number of nitrogens with two attached hydrogens (primary N) is 1. The van der Waals surface area contributed by atoms with Crippen LogP contribution in [0, 0.1) is 0 Å². The van der Waals surface area contributed by atoms with Crippen molar-refractivity contribution in [2.24, 2.45) is 0 Å². The molecule has 5 rings (SSSR count). The van der Waals surface area contributed by atoms with Crippen LogP contribution in [0.15, 0.2) is 73.1 Å². The molecule has 0 bridgehead atoms. The first kappa shape index (κ1) is 21.7. The lowest BCUT2D eigenvalue weighted by molar-refractivity contribution is 0.0948. The van der Waals surface area contributed by atoms with Gasteiger partial charge in [-0.05, 0) is 86.6 Å². The molecular weight excluding hydrogens is 430 g/mol. The molecule has 1 aliphatic rings. The van der Waals surface area contributed by atoms with E-state index in [-0.39, 0.29) is 17.8 Å². The van der Waals surface area contributed by atoms with Crippen molar-refractivity contribution >= 4 is 23.5 Å². The molecule has 34 heavy (non-hydrogen) atoms. The number of anilines is 3. The SMILES string of the molecule is Nc1nc(Nc2ccc(OCCN3CCCC3)cc2)nn1C(=O)c1ccc(-n2cccc2)cc1. The predicted octanol–water partition coefficient (Wildman–Crippen LogP) is 3.56. The first-order chi connectivity index (χ1) is 16.7. The van der Waals surface area contributed by atoms with Gasteiger partial charge >= 0.3 is 0 Å². The number of carbonyl (C=O) groups is 1. The molecule has 0 saturated carbocycles. The number of nitrogens with zero attached hydrogens (tertiary/aromatic N) is 5. The zero-order valence-corrected chi connectivity index (χ0v) is 18.8. The summed E-state index contributed by atoms with van der Waals surface area (Å²) in [6.07, 6.45) is 6.44. The third-order valence-electron chi connectivity index (χ3n) is 5.83. The van der Waals surface area contributed by atoms with Crippen LogP contribution < -0.4 is 15.8 Å². The first-order valence-electron chi connectivity index (χ1n) is 11.4. The molecule has 0 unspecified atom stereocenters. The summed E-state index contributed by atoms with van der Waals surface area (Å²) in [4.78, 5) is 19.5. The van der Waals surface area contributed by atoms with E-state index >= 15 is 0 Å². The van der Waals surface area contributed by atoms with Crippen molar-refractivity contribution in [3.05, 3.63) is 78.6 Å². The second kappa shape index (κ2) is 9.80. The number of benzene rings is 2. The van der Waals surface area contributed by atoms with Crippen molar-refractivity contribution in [3.63, 3.8) is 0 Å². The summed E-state index contributed by atoms with van der Waals surface area (Å²) in [6, 6.07) is 18.7. The minimum Gasteiger partial charge on any atom is -0.492 e. The molecule has 0 amide bonds. The van der Waals surface area contributed by atoms with Crippen LogP contribution in [0.1, 0.15) is 23.2 Å². The molecule has 1 fully saturated rings. The predicted molar refractivity (Wildman–Crippen MR) is 131 cm³/mol. The van der Waals surface area contributed by atoms with Gasteiger partial charge in [-0.25, -0.2) is 0 Å². The topological polar surface area (TPSA) is 103 Å². The molecule has 4 aromatic rings. The molecule has 3 heterocycles. The lowest BCUT2D eigenvalue weighted by Crippen LogP contribution is -2.25. The highest BCUT2D eigenvalue weighted by Gasteiger charge is 2.16. The van der Waals surface area contributed by atoms with Gasteiger partial charge in [0.15, 0.2) is 0 Å². The van der Waals surface area contributed by atoms with Crippen molar-refractivity contribution < 1.29 is 9.53 Å². The van der Waals surface area contributed by atoms with E-state index in [1.54, 1.807) is 12.1 Å². The van der Waals surface area contributed by atoms with E-state index in [4.69, 9.17) is 10.5 Å². The number of ether oxygens (including phenoxy) is 1. The summed E-state index contributed by atoms with van der Waals surface area (Å²) in [5.74, 6) is 0.724. The molecule has 2 aromatic heterocycles. The molecule has 1 saturated heterocycles. The average Bonchev–Trinajstić information content (AvgIpc) is 3.63. The molecule has 2 aromatic carbocycles. The number of hydrogen-bond acceptors (Lipinski definition) is 7. The first-order valence-corrected chi connectivity index (χ1v) is 11.4. The summed E-state index contributed by atoms with van der Waals surface area (Å²) >= 11 is 0. The van der Waals surface area contributed by atoms with Gasteiger partial charge in [-0.15, -0.1) is 5.10 Å². The fourth-order valence-electron chi connectivity index (χ4n) is 3.99. The molecule has 0 atom stereocenters. The molecule has 0 spiro atoms. The van der Waals surface area contributed by atoms with Crippen molar-refractivity contribution in [1.82, 2.24) is 24.2 Å². The maximum atomic E-state index is 12.9. The van der Waals surface area contributed by atoms with Crippen LogP contribution in [0.25, 0.3) is 5.69 Å². The Hall–Kier alpha value is -4.11. The lowest BCUT2D eigenvalue weighted by Gasteiger charge is -2.15. The van der Waals surface area contributed by atoms with E-state index in [2.05, 4.69) is 20.3 Å². The van der Waals surface area contributed by atoms with Gasteiger partial charge in [0.25, 0.3) is 5.91 Å². The fourth-order valence-corrected chi connectivity index (χ4v) is 3.99. The average molecular weight is 458 g/mol. The minimum absolute atomic E-state index is 0.0175. The smallest absolute Gasteiger partial charge is 0.281 e. The Morgan fingerprint density at radius 2 is 1.71 bits per heavy atom. The highest BCUT2D eigenvalue weighted by atomic mass is 16.5. The molecule has 9 nitrogen and oxygen atoms in total. The number of likely N-dealkylation sites (tertiary alicyclic amines) is 1. The number of rotatable bonds is 8. The van der Waals surface area contributed by atoms with Crippen molar-refractivity contribution in [2.75, 3.05) is 37.3 Å². The van der Waals surface area contributed by atoms with Crippen molar-refractivity contribution in [1.29, 1.82) is 0 Å². The van der Waals surface area contributed by atoms with E-state index in [0.29, 0.717) is 12.2 Å². The van der Waals surface area contributed by atoms with Gasteiger partial charge in [-0.3, -0.25) is 9.69 Å². The van der Waals surface area contributed by atoms with Gasteiger partial charge in [0.2, 0.25) is 11.9 Å². The van der Waals surface area contributed by atoms with Crippen LogP contribution in [0.5, 0.6) is 5.75 Å². The summed E-state index contributed by atoms with van der Waals surface area (Å²) in [5, 5.41) is 7.33. The van der Waals surface area contributed by atoms with Gasteiger partial charge in [0.05, 0.1) is 0 Å². The molecule has 1 aliphatic heterocycles. The van der Waals surface area contributed by atoms with E-state index in [1.165, 1.54) is 12.8 Å². The zero-order chi connectivity index (χ0) is 23.3. The van der Waals surface area contributed by atoms with Crippen molar-refractivity contribution in [2.45, 2.75) is 12.8 Å². The van der Waals surface area contributed by atoms with Crippen LogP contribution in [-0.2, 0) is 0 Å². The monoisotopic (exact) mass is 457 g/mol.